The first-order valence-corrected chi connectivity index (χ1v) is 11.0. The summed E-state index contributed by atoms with van der Waals surface area (Å²) in [5.41, 5.74) is 3.34. The Morgan fingerprint density at radius 2 is 1.63 bits per heavy atom. The van der Waals surface area contributed by atoms with E-state index in [9.17, 15) is 9.59 Å². The van der Waals surface area contributed by atoms with Gasteiger partial charge in [0, 0.05) is 35.2 Å². The number of benzene rings is 3. The van der Waals surface area contributed by atoms with Gasteiger partial charge in [-0.1, -0.05) is 12.1 Å². The van der Waals surface area contributed by atoms with Crippen molar-refractivity contribution in [3.05, 3.63) is 78.4 Å². The number of hydrogen-bond acceptors (Lipinski definition) is 7. The smallest absolute Gasteiger partial charge is 0.255 e. The van der Waals surface area contributed by atoms with Gasteiger partial charge in [-0.2, -0.15) is 0 Å². The molecule has 0 saturated heterocycles. The number of carbonyl (C=O) groups excluding carboxylic acids is 2. The average Bonchev–Trinajstić information content (AvgIpc) is 3.30. The molecule has 4 aromatic rings. The highest BCUT2D eigenvalue weighted by Crippen LogP contribution is 2.20. The quantitative estimate of drug-likeness (QED) is 0.341. The van der Waals surface area contributed by atoms with Gasteiger partial charge in [-0.25, -0.2) is 4.68 Å². The summed E-state index contributed by atoms with van der Waals surface area (Å²) < 4.78 is 6.98. The van der Waals surface area contributed by atoms with Crippen LogP contribution < -0.4 is 20.7 Å². The second-order valence-electron chi connectivity index (χ2n) is 7.60. The number of hydrogen-bond donors (Lipinski definition) is 3. The zero-order valence-electron chi connectivity index (χ0n) is 19.4. The third kappa shape index (κ3) is 6.20. The van der Waals surface area contributed by atoms with E-state index in [1.54, 1.807) is 60.3 Å². The van der Waals surface area contributed by atoms with Crippen LogP contribution >= 0.6 is 0 Å². The van der Waals surface area contributed by atoms with E-state index in [0.717, 1.165) is 17.0 Å². The van der Waals surface area contributed by atoms with Gasteiger partial charge in [0.15, 0.2) is 5.82 Å². The van der Waals surface area contributed by atoms with Crippen molar-refractivity contribution in [3.63, 3.8) is 0 Å². The maximum Gasteiger partial charge on any atom is 0.255 e. The molecule has 3 aromatic carbocycles. The van der Waals surface area contributed by atoms with E-state index < -0.39 is 0 Å². The first-order valence-electron chi connectivity index (χ1n) is 11.0. The van der Waals surface area contributed by atoms with E-state index in [0.29, 0.717) is 29.4 Å². The van der Waals surface area contributed by atoms with Crippen LogP contribution in [0.4, 0.5) is 17.1 Å². The number of tetrazole rings is 1. The predicted molar refractivity (Wildman–Crippen MR) is 133 cm³/mol. The Morgan fingerprint density at radius 3 is 2.31 bits per heavy atom. The van der Waals surface area contributed by atoms with E-state index >= 15 is 0 Å². The number of anilines is 3. The normalized spacial score (nSPS) is 10.5. The lowest BCUT2D eigenvalue weighted by Crippen LogP contribution is -2.21. The van der Waals surface area contributed by atoms with Crippen LogP contribution in [0.25, 0.3) is 11.4 Å². The molecular weight excluding hydrogens is 446 g/mol. The van der Waals surface area contributed by atoms with E-state index in [-0.39, 0.29) is 18.4 Å². The number of aromatic nitrogens is 4. The molecule has 0 fully saturated rings. The predicted octanol–water partition coefficient (Wildman–Crippen LogP) is 3.58. The van der Waals surface area contributed by atoms with Crippen molar-refractivity contribution in [1.82, 2.24) is 20.2 Å². The first-order chi connectivity index (χ1) is 17.0. The third-order valence-electron chi connectivity index (χ3n) is 5.05. The minimum Gasteiger partial charge on any atom is -0.494 e. The van der Waals surface area contributed by atoms with Crippen LogP contribution in [-0.2, 0) is 11.8 Å². The van der Waals surface area contributed by atoms with Crippen molar-refractivity contribution >= 4 is 28.9 Å². The Kier molecular flexibility index (Phi) is 7.31. The van der Waals surface area contributed by atoms with Gasteiger partial charge in [0.05, 0.1) is 13.2 Å². The summed E-state index contributed by atoms with van der Waals surface area (Å²) in [6, 6.07) is 21.3. The van der Waals surface area contributed by atoms with Gasteiger partial charge in [-0.05, 0) is 78.0 Å². The molecule has 0 aliphatic carbocycles. The van der Waals surface area contributed by atoms with Crippen LogP contribution in [0, 0.1) is 0 Å². The Labute approximate surface area is 202 Å². The Bertz CT molecular complexity index is 1300. The largest absolute Gasteiger partial charge is 0.494 e. The molecule has 35 heavy (non-hydrogen) atoms. The molecule has 0 unspecified atom stereocenters. The van der Waals surface area contributed by atoms with Crippen molar-refractivity contribution in [1.29, 1.82) is 0 Å². The highest BCUT2D eigenvalue weighted by molar-refractivity contribution is 6.04. The molecule has 0 spiro atoms. The maximum absolute atomic E-state index is 12.5. The average molecular weight is 472 g/mol. The Balaban J connectivity index is 1.29. The lowest BCUT2D eigenvalue weighted by molar-refractivity contribution is -0.114. The van der Waals surface area contributed by atoms with E-state index in [1.807, 2.05) is 31.2 Å². The number of nitrogens with zero attached hydrogens (tertiary/aromatic N) is 4. The number of carbonyl (C=O) groups is 2. The molecule has 0 aliphatic heterocycles. The topological polar surface area (TPSA) is 123 Å². The molecule has 0 radical (unpaired) electrons. The summed E-state index contributed by atoms with van der Waals surface area (Å²) in [5.74, 6) is 0.911. The van der Waals surface area contributed by atoms with Crippen LogP contribution in [0.15, 0.2) is 72.8 Å². The van der Waals surface area contributed by atoms with Crippen molar-refractivity contribution in [2.75, 3.05) is 29.1 Å². The zero-order valence-corrected chi connectivity index (χ0v) is 19.4. The third-order valence-corrected chi connectivity index (χ3v) is 5.05. The minimum atomic E-state index is -0.244. The summed E-state index contributed by atoms with van der Waals surface area (Å²) in [4.78, 5) is 24.9. The highest BCUT2D eigenvalue weighted by atomic mass is 16.5. The van der Waals surface area contributed by atoms with Crippen molar-refractivity contribution < 1.29 is 14.3 Å². The molecule has 10 heteroatoms. The standard InChI is InChI=1S/C25H25N7O3/c1-3-35-22-13-11-20(12-14-22)28-25(34)17-7-9-19(10-8-17)27-23(33)16-26-21-6-4-5-18(15-21)24-29-30-31-32(24)2/h4-15,26H,3,16H2,1-2H3,(H,27,33)(H,28,34). The van der Waals surface area contributed by atoms with Crippen molar-refractivity contribution in [2.45, 2.75) is 6.92 Å². The van der Waals surface area contributed by atoms with E-state index in [4.69, 9.17) is 4.74 Å². The molecule has 0 bridgehead atoms. The zero-order chi connectivity index (χ0) is 24.6. The van der Waals surface area contributed by atoms with Gasteiger partial charge < -0.3 is 20.7 Å². The Hall–Kier alpha value is -4.73. The van der Waals surface area contributed by atoms with Crippen LogP contribution in [0.2, 0.25) is 0 Å². The number of amides is 2. The molecule has 178 valence electrons. The van der Waals surface area contributed by atoms with Crippen LogP contribution in [-0.4, -0.2) is 45.2 Å². The van der Waals surface area contributed by atoms with Gasteiger partial charge in [0.1, 0.15) is 5.75 Å². The first kappa shape index (κ1) is 23.4. The van der Waals surface area contributed by atoms with Crippen molar-refractivity contribution in [2.24, 2.45) is 7.05 Å². The number of aryl methyl sites for hydroxylation is 1. The molecule has 0 atom stereocenters. The van der Waals surface area contributed by atoms with Gasteiger partial charge in [-0.15, -0.1) is 5.10 Å². The fourth-order valence-corrected chi connectivity index (χ4v) is 3.34. The molecule has 1 heterocycles. The second-order valence-corrected chi connectivity index (χ2v) is 7.60. The number of rotatable bonds is 9. The van der Waals surface area contributed by atoms with Crippen LogP contribution in [0.5, 0.6) is 5.75 Å². The molecule has 10 nitrogen and oxygen atoms in total. The van der Waals surface area contributed by atoms with Gasteiger partial charge in [0.2, 0.25) is 5.91 Å². The molecule has 0 aliphatic rings. The lowest BCUT2D eigenvalue weighted by atomic mass is 10.2. The molecule has 4 rings (SSSR count). The summed E-state index contributed by atoms with van der Waals surface area (Å²) in [6.45, 7) is 2.57. The van der Waals surface area contributed by atoms with Crippen LogP contribution in [0.1, 0.15) is 17.3 Å². The second kappa shape index (κ2) is 10.9. The number of nitrogens with one attached hydrogen (secondary N) is 3. The SMILES string of the molecule is CCOc1ccc(NC(=O)c2ccc(NC(=O)CNc3cccc(-c4nnnn4C)c3)cc2)cc1. The fraction of sp³-hybridized carbons (Fsp3) is 0.160. The van der Waals surface area contributed by atoms with Crippen molar-refractivity contribution in [3.8, 4) is 17.1 Å². The maximum atomic E-state index is 12.5. The van der Waals surface area contributed by atoms with Gasteiger partial charge >= 0.3 is 0 Å². The Morgan fingerprint density at radius 1 is 0.914 bits per heavy atom. The molecule has 3 N–H and O–H groups in total. The minimum absolute atomic E-state index is 0.0699. The van der Waals surface area contributed by atoms with Gasteiger partial charge in [0.25, 0.3) is 5.91 Å². The molecule has 1 aromatic heterocycles. The molecule has 2 amide bonds. The van der Waals surface area contributed by atoms with Gasteiger partial charge in [-0.3, -0.25) is 9.59 Å². The molecular formula is C25H25N7O3. The molecule has 0 saturated carbocycles. The lowest BCUT2D eigenvalue weighted by Gasteiger charge is -2.10. The van der Waals surface area contributed by atoms with E-state index in [1.165, 1.54) is 0 Å². The van der Waals surface area contributed by atoms with E-state index in [2.05, 4.69) is 31.5 Å². The summed E-state index contributed by atoms with van der Waals surface area (Å²) in [5, 5.41) is 20.2. The summed E-state index contributed by atoms with van der Waals surface area (Å²) >= 11 is 0. The van der Waals surface area contributed by atoms with Crippen LogP contribution in [0.3, 0.4) is 0 Å². The fourth-order valence-electron chi connectivity index (χ4n) is 3.34. The summed E-state index contributed by atoms with van der Waals surface area (Å²) in [6.07, 6.45) is 0. The summed E-state index contributed by atoms with van der Waals surface area (Å²) in [7, 11) is 1.76. The number of ether oxygens (including phenoxy) is 1. The highest BCUT2D eigenvalue weighted by Gasteiger charge is 2.09. The monoisotopic (exact) mass is 471 g/mol.